The SMILES string of the molecule is CC(C)CN(C)c1ccc(-c2ccc(C(=O)NS(=O)(=O)c3ccccn3)c(N3CC(C)CC3(C)C)n2)cn1. The van der Waals surface area contributed by atoms with E-state index < -0.39 is 15.9 Å². The molecule has 38 heavy (non-hydrogen) atoms. The molecule has 9 nitrogen and oxygen atoms in total. The van der Waals surface area contributed by atoms with Gasteiger partial charge in [-0.25, -0.2) is 19.7 Å². The van der Waals surface area contributed by atoms with Crippen molar-refractivity contribution in [3.8, 4) is 11.3 Å². The lowest BCUT2D eigenvalue weighted by Gasteiger charge is -2.34. The van der Waals surface area contributed by atoms with Crippen LogP contribution in [-0.4, -0.2) is 55.0 Å². The van der Waals surface area contributed by atoms with Gasteiger partial charge in [-0.3, -0.25) is 4.79 Å². The first-order chi connectivity index (χ1) is 17.9. The van der Waals surface area contributed by atoms with Crippen LogP contribution in [-0.2, 0) is 10.0 Å². The van der Waals surface area contributed by atoms with Crippen molar-refractivity contribution in [2.45, 2.75) is 51.6 Å². The van der Waals surface area contributed by atoms with E-state index in [0.717, 1.165) is 24.3 Å². The summed E-state index contributed by atoms with van der Waals surface area (Å²) in [6.45, 7) is 12.3. The third kappa shape index (κ3) is 5.96. The number of hydrogen-bond acceptors (Lipinski definition) is 8. The average molecular weight is 537 g/mol. The topological polar surface area (TPSA) is 108 Å². The van der Waals surface area contributed by atoms with Gasteiger partial charge in [0.25, 0.3) is 15.9 Å². The quantitative estimate of drug-likeness (QED) is 0.452. The first-order valence-electron chi connectivity index (χ1n) is 12.8. The van der Waals surface area contributed by atoms with E-state index in [1.54, 1.807) is 30.5 Å². The number of nitrogens with zero attached hydrogens (tertiary/aromatic N) is 5. The normalized spacial score (nSPS) is 17.0. The number of amides is 1. The molecule has 0 radical (unpaired) electrons. The molecule has 0 saturated carbocycles. The summed E-state index contributed by atoms with van der Waals surface area (Å²) in [6, 6.07) is 11.8. The molecule has 202 valence electrons. The lowest BCUT2D eigenvalue weighted by molar-refractivity contribution is 0.0981. The maximum atomic E-state index is 13.4. The Morgan fingerprint density at radius 2 is 1.92 bits per heavy atom. The van der Waals surface area contributed by atoms with Crippen LogP contribution >= 0.6 is 0 Å². The van der Waals surface area contributed by atoms with Crippen LogP contribution in [0.4, 0.5) is 11.6 Å². The smallest absolute Gasteiger partial charge is 0.281 e. The van der Waals surface area contributed by atoms with Gasteiger partial charge in [0.15, 0.2) is 5.03 Å². The van der Waals surface area contributed by atoms with E-state index in [9.17, 15) is 13.2 Å². The van der Waals surface area contributed by atoms with Gasteiger partial charge in [-0.15, -0.1) is 0 Å². The van der Waals surface area contributed by atoms with Gasteiger partial charge in [-0.05, 0) is 68.5 Å². The Kier molecular flexibility index (Phi) is 7.73. The molecule has 4 rings (SSSR count). The Morgan fingerprint density at radius 1 is 1.16 bits per heavy atom. The highest BCUT2D eigenvalue weighted by Gasteiger charge is 2.39. The van der Waals surface area contributed by atoms with E-state index in [2.05, 4.69) is 59.1 Å². The van der Waals surface area contributed by atoms with Crippen molar-refractivity contribution >= 4 is 27.6 Å². The number of anilines is 2. The number of nitrogens with one attached hydrogen (secondary N) is 1. The molecular formula is C28H36N6O3S. The van der Waals surface area contributed by atoms with E-state index in [1.807, 2.05) is 19.2 Å². The first-order valence-corrected chi connectivity index (χ1v) is 14.3. The van der Waals surface area contributed by atoms with Gasteiger partial charge in [0.05, 0.1) is 11.3 Å². The van der Waals surface area contributed by atoms with Crippen molar-refractivity contribution < 1.29 is 13.2 Å². The van der Waals surface area contributed by atoms with Crippen molar-refractivity contribution in [2.75, 3.05) is 29.9 Å². The summed E-state index contributed by atoms with van der Waals surface area (Å²) in [5.41, 5.74) is 1.40. The highest BCUT2D eigenvalue weighted by molar-refractivity contribution is 7.90. The van der Waals surface area contributed by atoms with E-state index >= 15 is 0 Å². The van der Waals surface area contributed by atoms with Crippen LogP contribution in [0.1, 0.15) is 51.4 Å². The average Bonchev–Trinajstić information content (AvgIpc) is 3.15. The van der Waals surface area contributed by atoms with Crippen molar-refractivity contribution in [3.05, 3.63) is 60.4 Å². The second-order valence-electron chi connectivity index (χ2n) is 11.1. The third-order valence-corrected chi connectivity index (χ3v) is 7.91. The molecule has 10 heteroatoms. The number of rotatable bonds is 8. The Hall–Kier alpha value is -3.53. The Balaban J connectivity index is 1.71. The van der Waals surface area contributed by atoms with Gasteiger partial charge in [-0.2, -0.15) is 8.42 Å². The molecule has 0 aliphatic carbocycles. The van der Waals surface area contributed by atoms with Crippen molar-refractivity contribution in [1.82, 2.24) is 19.7 Å². The number of aromatic nitrogens is 3. The lowest BCUT2D eigenvalue weighted by Crippen LogP contribution is -2.41. The lowest BCUT2D eigenvalue weighted by atomic mass is 9.97. The van der Waals surface area contributed by atoms with E-state index in [4.69, 9.17) is 4.98 Å². The van der Waals surface area contributed by atoms with Crippen LogP contribution in [0.25, 0.3) is 11.3 Å². The van der Waals surface area contributed by atoms with Gasteiger partial charge < -0.3 is 9.80 Å². The maximum absolute atomic E-state index is 13.4. The molecule has 0 aromatic carbocycles. The standard InChI is InChI=1S/C28H36N6O3S/c1-19(2)17-33(6)24-13-10-21(16-30-24)23-12-11-22(26(31-23)34-18-20(3)15-28(34,4)5)27(35)32-38(36,37)25-9-7-8-14-29-25/h7-14,16,19-20H,15,17-18H2,1-6H3,(H,32,35). The fourth-order valence-corrected chi connectivity index (χ4v) is 6.01. The largest absolute Gasteiger partial charge is 0.359 e. The van der Waals surface area contributed by atoms with Crippen LogP contribution in [0.15, 0.2) is 59.9 Å². The van der Waals surface area contributed by atoms with Gasteiger partial charge in [0.2, 0.25) is 0 Å². The second kappa shape index (κ2) is 10.7. The minimum absolute atomic E-state index is 0.191. The number of pyridine rings is 3. The van der Waals surface area contributed by atoms with Crippen LogP contribution in [0, 0.1) is 11.8 Å². The number of carbonyl (C=O) groups excluding carboxylic acids is 1. The Labute approximate surface area is 225 Å². The maximum Gasteiger partial charge on any atom is 0.281 e. The number of hydrogen-bond donors (Lipinski definition) is 1. The molecular weight excluding hydrogens is 500 g/mol. The van der Waals surface area contributed by atoms with Crippen LogP contribution in [0.5, 0.6) is 0 Å². The van der Waals surface area contributed by atoms with E-state index in [0.29, 0.717) is 29.9 Å². The van der Waals surface area contributed by atoms with Gasteiger partial charge in [-0.1, -0.05) is 26.8 Å². The highest BCUT2D eigenvalue weighted by Crippen LogP contribution is 2.38. The molecule has 3 aromatic rings. The molecule has 4 heterocycles. The molecule has 1 aliphatic heterocycles. The summed E-state index contributed by atoms with van der Waals surface area (Å²) >= 11 is 0. The monoisotopic (exact) mass is 536 g/mol. The third-order valence-electron chi connectivity index (χ3n) is 6.66. The number of carbonyl (C=O) groups is 1. The second-order valence-corrected chi connectivity index (χ2v) is 12.7. The van der Waals surface area contributed by atoms with Crippen molar-refractivity contribution in [3.63, 3.8) is 0 Å². The summed E-state index contributed by atoms with van der Waals surface area (Å²) < 4.78 is 27.8. The van der Waals surface area contributed by atoms with Gasteiger partial charge in [0.1, 0.15) is 11.6 Å². The molecule has 1 aliphatic rings. The molecule has 1 N–H and O–H groups in total. The van der Waals surface area contributed by atoms with Crippen molar-refractivity contribution in [1.29, 1.82) is 0 Å². The minimum atomic E-state index is -4.14. The summed E-state index contributed by atoms with van der Waals surface area (Å²) in [5.74, 6) is 1.47. The molecule has 3 aromatic heterocycles. The predicted octanol–water partition coefficient (Wildman–Crippen LogP) is 4.37. The van der Waals surface area contributed by atoms with Crippen LogP contribution in [0.3, 0.4) is 0 Å². The molecule has 1 unspecified atom stereocenters. The Morgan fingerprint density at radius 3 is 2.50 bits per heavy atom. The summed E-state index contributed by atoms with van der Waals surface area (Å²) in [6.07, 6.45) is 4.07. The molecule has 0 spiro atoms. The van der Waals surface area contributed by atoms with Gasteiger partial charge >= 0.3 is 0 Å². The summed E-state index contributed by atoms with van der Waals surface area (Å²) in [5, 5.41) is -0.219. The first kappa shape index (κ1) is 27.5. The zero-order valence-corrected chi connectivity index (χ0v) is 23.7. The van der Waals surface area contributed by atoms with Crippen molar-refractivity contribution in [2.24, 2.45) is 11.8 Å². The minimum Gasteiger partial charge on any atom is -0.359 e. The zero-order valence-electron chi connectivity index (χ0n) is 22.8. The molecule has 1 fully saturated rings. The molecule has 1 amide bonds. The Bertz CT molecular complexity index is 1390. The fraction of sp³-hybridized carbons (Fsp3) is 0.429. The van der Waals surface area contributed by atoms with Crippen LogP contribution in [0.2, 0.25) is 0 Å². The number of sulfonamides is 1. The van der Waals surface area contributed by atoms with E-state index in [-0.39, 0.29) is 16.1 Å². The highest BCUT2D eigenvalue weighted by atomic mass is 32.2. The van der Waals surface area contributed by atoms with Gasteiger partial charge in [0, 0.05) is 43.6 Å². The van der Waals surface area contributed by atoms with E-state index in [1.165, 1.54) is 12.3 Å². The fourth-order valence-electron chi connectivity index (χ4n) is 5.09. The summed E-state index contributed by atoms with van der Waals surface area (Å²) in [7, 11) is -2.13. The zero-order chi connectivity index (χ0) is 27.7. The van der Waals surface area contributed by atoms with Crippen LogP contribution < -0.4 is 14.5 Å². The molecule has 1 saturated heterocycles. The summed E-state index contributed by atoms with van der Waals surface area (Å²) in [4.78, 5) is 31.0. The molecule has 1 atom stereocenters. The predicted molar refractivity (Wildman–Crippen MR) is 150 cm³/mol. The molecule has 0 bridgehead atoms.